The van der Waals surface area contributed by atoms with E-state index in [0.717, 1.165) is 28.4 Å². The molecule has 3 rings (SSSR count). The fourth-order valence-corrected chi connectivity index (χ4v) is 2.10. The number of aromatic amines is 1. The molecule has 3 aromatic rings. The van der Waals surface area contributed by atoms with Crippen LogP contribution >= 0.6 is 0 Å². The van der Waals surface area contributed by atoms with Crippen molar-refractivity contribution >= 4 is 11.2 Å². The number of ether oxygens (including phenoxy) is 2. The minimum Gasteiger partial charge on any atom is -0.496 e. The van der Waals surface area contributed by atoms with Gasteiger partial charge in [-0.2, -0.15) is 0 Å². The van der Waals surface area contributed by atoms with E-state index in [9.17, 15) is 0 Å². The second kappa shape index (κ2) is 5.21. The first-order chi connectivity index (χ1) is 9.81. The van der Waals surface area contributed by atoms with Gasteiger partial charge in [0.1, 0.15) is 17.3 Å². The lowest BCUT2D eigenvalue weighted by molar-refractivity contribution is 0.336. The van der Waals surface area contributed by atoms with E-state index >= 15 is 0 Å². The Labute approximate surface area is 116 Å². The normalized spacial score (nSPS) is 10.7. The maximum atomic E-state index is 5.48. The van der Waals surface area contributed by atoms with Gasteiger partial charge in [-0.3, -0.25) is 0 Å². The maximum absolute atomic E-state index is 5.48. The van der Waals surface area contributed by atoms with Gasteiger partial charge in [-0.1, -0.05) is 0 Å². The molecule has 0 fully saturated rings. The van der Waals surface area contributed by atoms with Crippen molar-refractivity contribution in [3.63, 3.8) is 0 Å². The molecule has 1 N–H and O–H groups in total. The molecule has 0 amide bonds. The van der Waals surface area contributed by atoms with Crippen molar-refractivity contribution in [1.29, 1.82) is 0 Å². The second-order valence-corrected chi connectivity index (χ2v) is 4.26. The first kappa shape index (κ1) is 12.5. The summed E-state index contributed by atoms with van der Waals surface area (Å²) in [5, 5.41) is 0. The summed E-state index contributed by atoms with van der Waals surface area (Å²) < 4.78 is 10.9. The van der Waals surface area contributed by atoms with Gasteiger partial charge in [0.2, 0.25) is 0 Å². The number of methoxy groups -OCH3 is 1. The second-order valence-electron chi connectivity index (χ2n) is 4.26. The van der Waals surface area contributed by atoms with Crippen molar-refractivity contribution in [2.75, 3.05) is 13.7 Å². The average Bonchev–Trinajstić information content (AvgIpc) is 2.91. The lowest BCUT2D eigenvalue weighted by Gasteiger charge is -2.09. The van der Waals surface area contributed by atoms with Crippen LogP contribution in [0.25, 0.3) is 22.6 Å². The summed E-state index contributed by atoms with van der Waals surface area (Å²) in [5.41, 5.74) is 2.48. The van der Waals surface area contributed by atoms with E-state index in [1.165, 1.54) is 0 Å². The van der Waals surface area contributed by atoms with Gasteiger partial charge < -0.3 is 14.5 Å². The van der Waals surface area contributed by atoms with E-state index in [0.29, 0.717) is 12.3 Å². The molecular formula is C15H15N3O2. The Morgan fingerprint density at radius 1 is 1.25 bits per heavy atom. The van der Waals surface area contributed by atoms with Crippen molar-refractivity contribution in [2.24, 2.45) is 0 Å². The van der Waals surface area contributed by atoms with E-state index in [-0.39, 0.29) is 0 Å². The quantitative estimate of drug-likeness (QED) is 0.790. The van der Waals surface area contributed by atoms with Gasteiger partial charge in [0.05, 0.1) is 24.8 Å². The zero-order valence-corrected chi connectivity index (χ0v) is 11.4. The summed E-state index contributed by atoms with van der Waals surface area (Å²) in [5.74, 6) is 2.23. The smallest absolute Gasteiger partial charge is 0.178 e. The highest BCUT2D eigenvalue weighted by Gasteiger charge is 2.12. The lowest BCUT2D eigenvalue weighted by Crippen LogP contribution is -1.94. The Bertz CT molecular complexity index is 704. The monoisotopic (exact) mass is 269 g/mol. The summed E-state index contributed by atoms with van der Waals surface area (Å²) in [4.78, 5) is 11.9. The number of hydrogen-bond acceptors (Lipinski definition) is 4. The topological polar surface area (TPSA) is 60.0 Å². The molecule has 0 aliphatic heterocycles. The van der Waals surface area contributed by atoms with E-state index in [4.69, 9.17) is 9.47 Å². The van der Waals surface area contributed by atoms with Gasteiger partial charge in [-0.15, -0.1) is 0 Å². The number of fused-ring (bicyclic) bond motifs is 1. The number of pyridine rings is 1. The Balaban J connectivity index is 2.08. The Hall–Kier alpha value is -2.56. The molecule has 0 atom stereocenters. The lowest BCUT2D eigenvalue weighted by atomic mass is 10.2. The highest BCUT2D eigenvalue weighted by Crippen LogP contribution is 2.32. The van der Waals surface area contributed by atoms with E-state index in [2.05, 4.69) is 15.0 Å². The molecule has 0 saturated carbocycles. The first-order valence-electron chi connectivity index (χ1n) is 6.43. The minimum atomic E-state index is 0.622. The summed E-state index contributed by atoms with van der Waals surface area (Å²) in [6, 6.07) is 9.52. The molecule has 1 aromatic carbocycles. The van der Waals surface area contributed by atoms with Gasteiger partial charge in [-0.05, 0) is 31.2 Å². The van der Waals surface area contributed by atoms with E-state index < -0.39 is 0 Å². The highest BCUT2D eigenvalue weighted by molar-refractivity contribution is 5.77. The number of aromatic nitrogens is 3. The third kappa shape index (κ3) is 2.18. The molecule has 102 valence electrons. The summed E-state index contributed by atoms with van der Waals surface area (Å²) in [6.45, 7) is 2.57. The number of H-pyrrole nitrogens is 1. The third-order valence-electron chi connectivity index (χ3n) is 3.00. The van der Waals surface area contributed by atoms with Crippen LogP contribution in [0.1, 0.15) is 6.92 Å². The van der Waals surface area contributed by atoms with Crippen LogP contribution in [-0.2, 0) is 0 Å². The Morgan fingerprint density at radius 2 is 2.15 bits per heavy atom. The number of rotatable bonds is 4. The standard InChI is InChI=1S/C15H15N3O2/c1-3-20-10-6-7-11(13(9-10)19-2)14-17-12-5-4-8-16-15(12)18-14/h4-9H,3H2,1-2H3,(H,16,17,18). The maximum Gasteiger partial charge on any atom is 0.178 e. The molecule has 20 heavy (non-hydrogen) atoms. The number of nitrogens with zero attached hydrogens (tertiary/aromatic N) is 2. The van der Waals surface area contributed by atoms with Crippen LogP contribution < -0.4 is 9.47 Å². The predicted molar refractivity (Wildman–Crippen MR) is 77.0 cm³/mol. The number of nitrogens with one attached hydrogen (secondary N) is 1. The van der Waals surface area contributed by atoms with Crippen LogP contribution in [0.5, 0.6) is 11.5 Å². The van der Waals surface area contributed by atoms with Crippen LogP contribution in [0.2, 0.25) is 0 Å². The SMILES string of the molecule is CCOc1ccc(-c2nc3ncccc3[nH]2)c(OC)c1. The molecule has 0 aliphatic rings. The predicted octanol–water partition coefficient (Wildman–Crippen LogP) is 3.03. The largest absolute Gasteiger partial charge is 0.496 e. The van der Waals surface area contributed by atoms with Crippen molar-refractivity contribution in [2.45, 2.75) is 6.92 Å². The molecule has 2 aromatic heterocycles. The molecule has 2 heterocycles. The molecule has 0 unspecified atom stereocenters. The van der Waals surface area contributed by atoms with Gasteiger partial charge in [0, 0.05) is 12.3 Å². The fourth-order valence-electron chi connectivity index (χ4n) is 2.10. The van der Waals surface area contributed by atoms with Crippen LogP contribution in [0.4, 0.5) is 0 Å². The Morgan fingerprint density at radius 3 is 2.90 bits per heavy atom. The molecule has 5 nitrogen and oxygen atoms in total. The van der Waals surface area contributed by atoms with Crippen molar-refractivity contribution in [1.82, 2.24) is 15.0 Å². The molecular weight excluding hydrogens is 254 g/mol. The van der Waals surface area contributed by atoms with Crippen molar-refractivity contribution in [3.8, 4) is 22.9 Å². The summed E-state index contributed by atoms with van der Waals surface area (Å²) in [6.07, 6.45) is 1.72. The van der Waals surface area contributed by atoms with E-state index in [1.807, 2.05) is 37.3 Å². The molecule has 5 heteroatoms. The van der Waals surface area contributed by atoms with Gasteiger partial charge >= 0.3 is 0 Å². The highest BCUT2D eigenvalue weighted by atomic mass is 16.5. The van der Waals surface area contributed by atoms with Crippen LogP contribution in [0.15, 0.2) is 36.5 Å². The van der Waals surface area contributed by atoms with Crippen molar-refractivity contribution in [3.05, 3.63) is 36.5 Å². The Kier molecular flexibility index (Phi) is 3.25. The minimum absolute atomic E-state index is 0.622. The van der Waals surface area contributed by atoms with Crippen LogP contribution in [-0.4, -0.2) is 28.7 Å². The number of hydrogen-bond donors (Lipinski definition) is 1. The average molecular weight is 269 g/mol. The molecule has 0 spiro atoms. The van der Waals surface area contributed by atoms with Crippen LogP contribution in [0.3, 0.4) is 0 Å². The summed E-state index contributed by atoms with van der Waals surface area (Å²) >= 11 is 0. The van der Waals surface area contributed by atoms with E-state index in [1.54, 1.807) is 13.3 Å². The van der Waals surface area contributed by atoms with Crippen molar-refractivity contribution < 1.29 is 9.47 Å². The molecule has 0 aliphatic carbocycles. The molecule has 0 bridgehead atoms. The van der Waals surface area contributed by atoms with Gasteiger partial charge in [0.15, 0.2) is 5.65 Å². The van der Waals surface area contributed by atoms with Gasteiger partial charge in [0.25, 0.3) is 0 Å². The van der Waals surface area contributed by atoms with Gasteiger partial charge in [-0.25, -0.2) is 9.97 Å². The number of benzene rings is 1. The first-order valence-corrected chi connectivity index (χ1v) is 6.43. The third-order valence-corrected chi connectivity index (χ3v) is 3.00. The molecule has 0 radical (unpaired) electrons. The summed E-state index contributed by atoms with van der Waals surface area (Å²) in [7, 11) is 1.63. The number of imidazole rings is 1. The molecule has 0 saturated heterocycles. The zero-order chi connectivity index (χ0) is 13.9. The fraction of sp³-hybridized carbons (Fsp3) is 0.200. The zero-order valence-electron chi connectivity index (χ0n) is 11.4. The van der Waals surface area contributed by atoms with Crippen LogP contribution in [0, 0.1) is 0 Å².